The van der Waals surface area contributed by atoms with Crippen molar-refractivity contribution in [3.8, 4) is 0 Å². The second-order valence-electron chi connectivity index (χ2n) is 4.72. The minimum Gasteiger partial charge on any atom is -0.333 e. The average Bonchev–Trinajstić information content (AvgIpc) is 2.85. The number of carbonyl (C=O) groups excluding carboxylic acids is 1. The summed E-state index contributed by atoms with van der Waals surface area (Å²) in [6.07, 6.45) is 0. The van der Waals surface area contributed by atoms with Crippen LogP contribution in [0.2, 0.25) is 0 Å². The van der Waals surface area contributed by atoms with Crippen molar-refractivity contribution in [3.63, 3.8) is 0 Å². The number of fused-ring (bicyclic) bond motifs is 1. The molecule has 1 aliphatic heterocycles. The number of rotatable bonds is 1. The van der Waals surface area contributed by atoms with E-state index in [9.17, 15) is 4.79 Å². The van der Waals surface area contributed by atoms with Gasteiger partial charge in [0.25, 0.3) is 5.91 Å². The fourth-order valence-corrected chi connectivity index (χ4v) is 3.18. The fourth-order valence-electron chi connectivity index (χ4n) is 2.41. The molecular weight excluding hydrogens is 244 g/mol. The van der Waals surface area contributed by atoms with Crippen LogP contribution in [-0.2, 0) is 0 Å². The van der Waals surface area contributed by atoms with Crippen molar-refractivity contribution in [2.75, 3.05) is 19.6 Å². The summed E-state index contributed by atoms with van der Waals surface area (Å²) in [6, 6.07) is 8.32. The third-order valence-electron chi connectivity index (χ3n) is 3.46. The number of piperazine rings is 1. The van der Waals surface area contributed by atoms with E-state index in [2.05, 4.69) is 23.7 Å². The normalized spacial score (nSPS) is 20.3. The predicted octanol–water partition coefficient (Wildman–Crippen LogP) is 2.34. The van der Waals surface area contributed by atoms with Crippen LogP contribution in [0.25, 0.3) is 10.1 Å². The summed E-state index contributed by atoms with van der Waals surface area (Å²) >= 11 is 1.71. The van der Waals surface area contributed by atoms with E-state index in [1.54, 1.807) is 11.3 Å². The Labute approximate surface area is 110 Å². The highest BCUT2D eigenvalue weighted by molar-refractivity contribution is 7.17. The maximum Gasteiger partial charge on any atom is 0.254 e. The Morgan fingerprint density at radius 1 is 1.44 bits per heavy atom. The number of carbonyl (C=O) groups is 1. The van der Waals surface area contributed by atoms with Gasteiger partial charge in [-0.15, -0.1) is 11.3 Å². The molecule has 1 atom stereocenters. The highest BCUT2D eigenvalue weighted by Crippen LogP contribution is 2.22. The van der Waals surface area contributed by atoms with Gasteiger partial charge in [-0.1, -0.05) is 0 Å². The molecule has 1 fully saturated rings. The first kappa shape index (κ1) is 11.7. The van der Waals surface area contributed by atoms with Crippen molar-refractivity contribution in [1.29, 1.82) is 0 Å². The summed E-state index contributed by atoms with van der Waals surface area (Å²) in [5.41, 5.74) is 0.801. The van der Waals surface area contributed by atoms with E-state index in [0.717, 1.165) is 30.6 Å². The topological polar surface area (TPSA) is 32.3 Å². The minimum atomic E-state index is 0.150. The largest absolute Gasteiger partial charge is 0.333 e. The molecule has 94 valence electrons. The zero-order valence-electron chi connectivity index (χ0n) is 10.3. The first-order chi connectivity index (χ1) is 8.75. The van der Waals surface area contributed by atoms with E-state index in [4.69, 9.17) is 0 Å². The Morgan fingerprint density at radius 2 is 2.33 bits per heavy atom. The Morgan fingerprint density at radius 3 is 3.17 bits per heavy atom. The van der Waals surface area contributed by atoms with Crippen LogP contribution in [0, 0.1) is 0 Å². The summed E-state index contributed by atoms with van der Waals surface area (Å²) in [5, 5.41) is 6.53. The molecule has 0 bridgehead atoms. The van der Waals surface area contributed by atoms with Gasteiger partial charge in [0.2, 0.25) is 0 Å². The molecule has 0 saturated carbocycles. The average molecular weight is 260 g/mol. The molecular formula is C14H16N2OS. The van der Waals surface area contributed by atoms with Gasteiger partial charge in [-0.05, 0) is 42.0 Å². The maximum atomic E-state index is 12.5. The third kappa shape index (κ3) is 2.02. The first-order valence-electron chi connectivity index (χ1n) is 6.24. The van der Waals surface area contributed by atoms with Gasteiger partial charge in [-0.3, -0.25) is 4.79 Å². The van der Waals surface area contributed by atoms with Crippen LogP contribution in [0.15, 0.2) is 29.6 Å². The molecule has 0 unspecified atom stereocenters. The number of hydrogen-bond acceptors (Lipinski definition) is 3. The lowest BCUT2D eigenvalue weighted by Gasteiger charge is -2.34. The molecule has 1 aromatic heterocycles. The molecule has 1 amide bonds. The van der Waals surface area contributed by atoms with Gasteiger partial charge in [-0.25, -0.2) is 0 Å². The fraction of sp³-hybridized carbons (Fsp3) is 0.357. The Kier molecular flexibility index (Phi) is 3.06. The molecule has 1 N–H and O–H groups in total. The smallest absolute Gasteiger partial charge is 0.254 e. The SMILES string of the molecule is C[C@@H]1CNCCN1C(=O)c1ccc2sccc2c1. The monoisotopic (exact) mass is 260 g/mol. The molecule has 2 aromatic rings. The molecule has 0 radical (unpaired) electrons. The second-order valence-corrected chi connectivity index (χ2v) is 5.67. The zero-order chi connectivity index (χ0) is 12.5. The number of benzene rings is 1. The lowest BCUT2D eigenvalue weighted by atomic mass is 10.1. The lowest BCUT2D eigenvalue weighted by Crippen LogP contribution is -2.52. The standard InChI is InChI=1S/C14H16N2OS/c1-10-9-15-5-6-16(10)14(17)12-2-3-13-11(8-12)4-7-18-13/h2-4,7-8,10,15H,5-6,9H2,1H3/t10-/m1/s1. The maximum absolute atomic E-state index is 12.5. The van der Waals surface area contributed by atoms with Crippen LogP contribution in [-0.4, -0.2) is 36.5 Å². The molecule has 3 rings (SSSR count). The predicted molar refractivity (Wildman–Crippen MR) is 75.2 cm³/mol. The van der Waals surface area contributed by atoms with Gasteiger partial charge in [0.05, 0.1) is 0 Å². The molecule has 3 nitrogen and oxygen atoms in total. The molecule has 4 heteroatoms. The number of thiophene rings is 1. The van der Waals surface area contributed by atoms with E-state index >= 15 is 0 Å². The third-order valence-corrected chi connectivity index (χ3v) is 4.36. The Balaban J connectivity index is 1.90. The van der Waals surface area contributed by atoms with Gasteiger partial charge in [0.1, 0.15) is 0 Å². The summed E-state index contributed by atoms with van der Waals surface area (Å²) in [4.78, 5) is 14.4. The van der Waals surface area contributed by atoms with Crippen LogP contribution in [0.1, 0.15) is 17.3 Å². The summed E-state index contributed by atoms with van der Waals surface area (Å²) < 4.78 is 1.24. The lowest BCUT2D eigenvalue weighted by molar-refractivity contribution is 0.0656. The highest BCUT2D eigenvalue weighted by atomic mass is 32.1. The van der Waals surface area contributed by atoms with Crippen molar-refractivity contribution >= 4 is 27.3 Å². The first-order valence-corrected chi connectivity index (χ1v) is 7.12. The molecule has 1 aromatic carbocycles. The quantitative estimate of drug-likeness (QED) is 0.853. The molecule has 18 heavy (non-hydrogen) atoms. The van der Waals surface area contributed by atoms with Crippen LogP contribution >= 0.6 is 11.3 Å². The van der Waals surface area contributed by atoms with Gasteiger partial charge >= 0.3 is 0 Å². The van der Waals surface area contributed by atoms with Crippen molar-refractivity contribution < 1.29 is 4.79 Å². The summed E-state index contributed by atoms with van der Waals surface area (Å²) in [6.45, 7) is 4.65. The Bertz CT molecular complexity index is 578. The molecule has 1 aliphatic rings. The number of nitrogens with one attached hydrogen (secondary N) is 1. The van der Waals surface area contributed by atoms with Gasteiger partial charge < -0.3 is 10.2 Å². The molecule has 2 heterocycles. The molecule has 0 aliphatic carbocycles. The van der Waals surface area contributed by atoms with Crippen molar-refractivity contribution in [2.24, 2.45) is 0 Å². The minimum absolute atomic E-state index is 0.150. The summed E-state index contributed by atoms with van der Waals surface area (Å²) in [7, 11) is 0. The number of hydrogen-bond donors (Lipinski definition) is 1. The highest BCUT2D eigenvalue weighted by Gasteiger charge is 2.23. The van der Waals surface area contributed by atoms with Crippen LogP contribution in [0.5, 0.6) is 0 Å². The van der Waals surface area contributed by atoms with Gasteiger partial charge in [0.15, 0.2) is 0 Å². The number of nitrogens with zero attached hydrogens (tertiary/aromatic N) is 1. The number of amides is 1. The second kappa shape index (κ2) is 4.71. The van der Waals surface area contributed by atoms with Crippen LogP contribution < -0.4 is 5.32 Å². The van der Waals surface area contributed by atoms with E-state index in [1.807, 2.05) is 23.1 Å². The van der Waals surface area contributed by atoms with E-state index < -0.39 is 0 Å². The van der Waals surface area contributed by atoms with Gasteiger partial charge in [-0.2, -0.15) is 0 Å². The molecule has 0 spiro atoms. The van der Waals surface area contributed by atoms with Gasteiger partial charge in [0, 0.05) is 35.9 Å². The Hall–Kier alpha value is -1.39. The van der Waals surface area contributed by atoms with Crippen LogP contribution in [0.3, 0.4) is 0 Å². The van der Waals surface area contributed by atoms with Crippen molar-refractivity contribution in [3.05, 3.63) is 35.2 Å². The van der Waals surface area contributed by atoms with Crippen LogP contribution in [0.4, 0.5) is 0 Å². The molecule has 1 saturated heterocycles. The van der Waals surface area contributed by atoms with Crippen molar-refractivity contribution in [2.45, 2.75) is 13.0 Å². The van der Waals surface area contributed by atoms with Crippen molar-refractivity contribution in [1.82, 2.24) is 10.2 Å². The van der Waals surface area contributed by atoms with E-state index in [1.165, 1.54) is 4.70 Å². The summed E-state index contributed by atoms with van der Waals surface area (Å²) in [5.74, 6) is 0.150. The zero-order valence-corrected chi connectivity index (χ0v) is 11.2. The van der Waals surface area contributed by atoms with E-state index in [-0.39, 0.29) is 11.9 Å². The van der Waals surface area contributed by atoms with E-state index in [0.29, 0.717) is 0 Å².